The molecule has 2 heterocycles. The Kier molecular flexibility index (Phi) is 4.48. The van der Waals surface area contributed by atoms with E-state index in [-0.39, 0.29) is 22.4 Å². The zero-order valence-corrected chi connectivity index (χ0v) is 17.1. The third kappa shape index (κ3) is 3.15. The maximum Gasteiger partial charge on any atom is 0.213 e. The molecule has 6 nitrogen and oxygen atoms in total. The van der Waals surface area contributed by atoms with Crippen LogP contribution in [0.4, 0.5) is 8.78 Å². The van der Waals surface area contributed by atoms with Gasteiger partial charge in [0.2, 0.25) is 5.88 Å². The summed E-state index contributed by atoms with van der Waals surface area (Å²) in [6, 6.07) is 7.64. The van der Waals surface area contributed by atoms with E-state index in [1.807, 2.05) is 6.07 Å². The molecule has 0 amide bonds. The summed E-state index contributed by atoms with van der Waals surface area (Å²) in [5.41, 5.74) is 0.691. The number of nitrogens with zero attached hydrogens (tertiary/aromatic N) is 4. The molecule has 3 fully saturated rings. The van der Waals surface area contributed by atoms with E-state index in [2.05, 4.69) is 10.1 Å². The van der Waals surface area contributed by atoms with Crippen molar-refractivity contribution in [3.05, 3.63) is 58.8 Å². The Bertz CT molecular complexity index is 1050. The van der Waals surface area contributed by atoms with Crippen LogP contribution in [0.25, 0.3) is 0 Å². The Labute approximate surface area is 178 Å². The minimum absolute atomic E-state index is 0.00659. The fourth-order valence-corrected chi connectivity index (χ4v) is 5.36. The van der Waals surface area contributed by atoms with Crippen LogP contribution < -0.4 is 4.74 Å². The van der Waals surface area contributed by atoms with Crippen molar-refractivity contribution in [3.8, 4) is 11.9 Å². The van der Waals surface area contributed by atoms with Crippen LogP contribution >= 0.6 is 0 Å². The largest absolute Gasteiger partial charge is 0.477 e. The summed E-state index contributed by atoms with van der Waals surface area (Å²) in [7, 11) is 0. The lowest BCUT2D eigenvalue weighted by atomic mass is 9.34. The standard InChI is InChI=1S/C23H22F2N4O2/c1-14-17(24)6-16(7-18(14)25)19-4-5-28-29(19)21(30)23-10-22(11-23,12-23)13-31-20-3-2-15(8-26)9-27-20/h2-3,5-7,9,19,21,30H,4,10-13H2,1H3. The van der Waals surface area contributed by atoms with Gasteiger partial charge in [-0.2, -0.15) is 10.4 Å². The monoisotopic (exact) mass is 424 g/mol. The van der Waals surface area contributed by atoms with E-state index in [0.717, 1.165) is 19.3 Å². The van der Waals surface area contributed by atoms with Crippen LogP contribution in [0.1, 0.15) is 48.4 Å². The van der Waals surface area contributed by atoms with Gasteiger partial charge in [0.25, 0.3) is 0 Å². The smallest absolute Gasteiger partial charge is 0.213 e. The molecule has 160 valence electrons. The molecule has 4 aliphatic rings. The molecule has 0 radical (unpaired) electrons. The van der Waals surface area contributed by atoms with E-state index >= 15 is 0 Å². The lowest BCUT2D eigenvalue weighted by Crippen LogP contribution is -2.71. The molecule has 1 N–H and O–H groups in total. The van der Waals surface area contributed by atoms with E-state index in [9.17, 15) is 13.9 Å². The Balaban J connectivity index is 1.22. The molecule has 31 heavy (non-hydrogen) atoms. The molecule has 2 atom stereocenters. The van der Waals surface area contributed by atoms with Gasteiger partial charge in [0.15, 0.2) is 0 Å². The molecule has 0 saturated heterocycles. The Morgan fingerprint density at radius 3 is 2.61 bits per heavy atom. The number of aliphatic hydroxyl groups excluding tert-OH is 1. The fourth-order valence-electron chi connectivity index (χ4n) is 5.36. The number of benzene rings is 1. The van der Waals surface area contributed by atoms with Crippen molar-refractivity contribution in [2.24, 2.45) is 15.9 Å². The van der Waals surface area contributed by atoms with Crippen LogP contribution in [0.15, 0.2) is 35.6 Å². The van der Waals surface area contributed by atoms with Crippen molar-refractivity contribution in [2.45, 2.75) is 44.9 Å². The van der Waals surface area contributed by atoms with Crippen molar-refractivity contribution >= 4 is 6.21 Å². The quantitative estimate of drug-likeness (QED) is 0.762. The summed E-state index contributed by atoms with van der Waals surface area (Å²) < 4.78 is 33.9. The molecule has 0 spiro atoms. The summed E-state index contributed by atoms with van der Waals surface area (Å²) >= 11 is 0. The predicted octanol–water partition coefficient (Wildman–Crippen LogP) is 3.84. The number of hydrazone groups is 1. The number of ether oxygens (including phenoxy) is 1. The van der Waals surface area contributed by atoms with Crippen LogP contribution in [-0.2, 0) is 0 Å². The maximum atomic E-state index is 14.1. The number of pyridine rings is 1. The van der Waals surface area contributed by atoms with Crippen LogP contribution in [0.5, 0.6) is 5.88 Å². The topological polar surface area (TPSA) is 81.7 Å². The van der Waals surface area contributed by atoms with Gasteiger partial charge in [-0.15, -0.1) is 0 Å². The van der Waals surface area contributed by atoms with Crippen LogP contribution in [0.3, 0.4) is 0 Å². The lowest BCUT2D eigenvalue weighted by molar-refractivity contribution is -0.299. The minimum Gasteiger partial charge on any atom is -0.477 e. The first-order valence-electron chi connectivity index (χ1n) is 10.3. The molecule has 3 saturated carbocycles. The number of halogens is 2. The molecule has 1 aromatic heterocycles. The summed E-state index contributed by atoms with van der Waals surface area (Å²) in [4.78, 5) is 4.12. The van der Waals surface area contributed by atoms with Gasteiger partial charge < -0.3 is 9.84 Å². The van der Waals surface area contributed by atoms with E-state index < -0.39 is 17.9 Å². The predicted molar refractivity (Wildman–Crippen MR) is 108 cm³/mol. The van der Waals surface area contributed by atoms with Crippen molar-refractivity contribution in [2.75, 3.05) is 6.61 Å². The highest BCUT2D eigenvalue weighted by atomic mass is 19.1. The van der Waals surface area contributed by atoms with Gasteiger partial charge in [-0.3, -0.25) is 5.01 Å². The molecular weight excluding hydrogens is 402 g/mol. The third-order valence-electron chi connectivity index (χ3n) is 6.92. The van der Waals surface area contributed by atoms with Gasteiger partial charge >= 0.3 is 0 Å². The molecule has 8 heteroatoms. The van der Waals surface area contributed by atoms with Crippen molar-refractivity contribution in [1.29, 1.82) is 5.26 Å². The Morgan fingerprint density at radius 2 is 2.00 bits per heavy atom. The highest BCUT2D eigenvalue weighted by Crippen LogP contribution is 2.75. The van der Waals surface area contributed by atoms with E-state index in [0.29, 0.717) is 30.0 Å². The second-order valence-electron chi connectivity index (χ2n) is 9.09. The van der Waals surface area contributed by atoms with Crippen LogP contribution in [0.2, 0.25) is 0 Å². The first kappa shape index (κ1) is 19.9. The Morgan fingerprint density at radius 1 is 1.29 bits per heavy atom. The van der Waals surface area contributed by atoms with Gasteiger partial charge in [-0.05, 0) is 49.9 Å². The second-order valence-corrected chi connectivity index (χ2v) is 9.09. The first-order chi connectivity index (χ1) is 14.8. The summed E-state index contributed by atoms with van der Waals surface area (Å²) in [5.74, 6) is -0.699. The van der Waals surface area contributed by atoms with Gasteiger partial charge in [0.1, 0.15) is 23.9 Å². The number of nitriles is 1. The average molecular weight is 424 g/mol. The zero-order chi connectivity index (χ0) is 21.8. The summed E-state index contributed by atoms with van der Waals surface area (Å²) in [5, 5.41) is 25.8. The van der Waals surface area contributed by atoms with Gasteiger partial charge in [0.05, 0.1) is 18.2 Å². The molecule has 1 aliphatic heterocycles. The molecule has 2 bridgehead atoms. The Hall–Kier alpha value is -3.05. The normalized spacial score (nSPS) is 29.1. The summed E-state index contributed by atoms with van der Waals surface area (Å²) in [6.07, 6.45) is 5.23. The van der Waals surface area contributed by atoms with Crippen LogP contribution in [0, 0.1) is 40.7 Å². The second kappa shape index (κ2) is 6.99. The van der Waals surface area contributed by atoms with Gasteiger partial charge in [-0.25, -0.2) is 13.8 Å². The van der Waals surface area contributed by atoms with Crippen LogP contribution in [-0.4, -0.2) is 34.1 Å². The summed E-state index contributed by atoms with van der Waals surface area (Å²) in [6.45, 7) is 1.91. The highest BCUT2D eigenvalue weighted by Gasteiger charge is 2.72. The maximum absolute atomic E-state index is 14.1. The molecule has 2 aromatic rings. The number of aromatic nitrogens is 1. The fraction of sp³-hybridized carbons (Fsp3) is 0.435. The number of hydrogen-bond donors (Lipinski definition) is 1. The number of hydrogen-bond acceptors (Lipinski definition) is 6. The lowest BCUT2D eigenvalue weighted by Gasteiger charge is -2.72. The van der Waals surface area contributed by atoms with E-state index in [4.69, 9.17) is 10.00 Å². The molecule has 3 aliphatic carbocycles. The van der Waals surface area contributed by atoms with E-state index in [1.54, 1.807) is 23.4 Å². The number of aliphatic hydroxyl groups is 1. The first-order valence-corrected chi connectivity index (χ1v) is 10.3. The highest BCUT2D eigenvalue weighted by molar-refractivity contribution is 5.61. The van der Waals surface area contributed by atoms with Gasteiger partial charge in [0, 0.05) is 41.3 Å². The third-order valence-corrected chi connectivity index (χ3v) is 6.92. The number of rotatable bonds is 6. The molecule has 2 unspecified atom stereocenters. The molecule has 1 aromatic carbocycles. The van der Waals surface area contributed by atoms with Crippen molar-refractivity contribution in [3.63, 3.8) is 0 Å². The van der Waals surface area contributed by atoms with Crippen molar-refractivity contribution < 1.29 is 18.6 Å². The SMILES string of the molecule is Cc1c(F)cc(C2CC=NN2C(O)C23CC(COc4ccc(C#N)cn4)(C2)C3)cc1F. The zero-order valence-electron chi connectivity index (χ0n) is 17.1. The minimum atomic E-state index is -0.821. The molecular formula is C23H22F2N4O2. The van der Waals surface area contributed by atoms with E-state index in [1.165, 1.54) is 25.3 Å². The molecule has 6 rings (SSSR count). The van der Waals surface area contributed by atoms with Gasteiger partial charge in [-0.1, -0.05) is 0 Å². The average Bonchev–Trinajstić information content (AvgIpc) is 3.20. The van der Waals surface area contributed by atoms with Crippen molar-refractivity contribution in [1.82, 2.24) is 9.99 Å².